The summed E-state index contributed by atoms with van der Waals surface area (Å²) in [6.45, 7) is 2.73. The van der Waals surface area contributed by atoms with Gasteiger partial charge in [0.25, 0.3) is 0 Å². The Kier molecular flexibility index (Phi) is 3.13. The number of para-hydroxylation sites is 1. The zero-order valence-corrected chi connectivity index (χ0v) is 10.7. The molecule has 98 valence electrons. The lowest BCUT2D eigenvalue weighted by atomic mass is 10.1. The molecule has 0 aliphatic carbocycles. The summed E-state index contributed by atoms with van der Waals surface area (Å²) in [5.74, 6) is 0. The summed E-state index contributed by atoms with van der Waals surface area (Å²) in [7, 11) is 0. The van der Waals surface area contributed by atoms with E-state index in [4.69, 9.17) is 4.74 Å². The lowest BCUT2D eigenvalue weighted by molar-refractivity contribution is 0.102. The van der Waals surface area contributed by atoms with Crippen molar-refractivity contribution in [3.63, 3.8) is 0 Å². The normalized spacial score (nSPS) is 18.7. The van der Waals surface area contributed by atoms with Crippen LogP contribution in [0.15, 0.2) is 24.3 Å². The van der Waals surface area contributed by atoms with E-state index >= 15 is 0 Å². The molecule has 0 N–H and O–H groups in total. The summed E-state index contributed by atoms with van der Waals surface area (Å²) >= 11 is 0. The molecule has 0 bridgehead atoms. The average Bonchev–Trinajstić information content (AvgIpc) is 3.07. The number of hydrogen-bond acceptors (Lipinski definition) is 4. The maximum absolute atomic E-state index is 11.1. The summed E-state index contributed by atoms with van der Waals surface area (Å²) in [6.07, 6.45) is 2.57. The number of aldehydes is 1. The number of ether oxygens (including phenoxy) is 1. The van der Waals surface area contributed by atoms with Gasteiger partial charge in [-0.1, -0.05) is 23.4 Å². The fourth-order valence-corrected chi connectivity index (χ4v) is 2.46. The molecular formula is C14H15N3O2. The Morgan fingerprint density at radius 1 is 1.42 bits per heavy atom. The van der Waals surface area contributed by atoms with Crippen LogP contribution in [0.2, 0.25) is 0 Å². The SMILES string of the molecule is Cc1ccccc1-n1nnc(C=O)c1C1CCCO1. The summed E-state index contributed by atoms with van der Waals surface area (Å²) in [5, 5.41) is 8.08. The van der Waals surface area contributed by atoms with Crippen molar-refractivity contribution in [1.29, 1.82) is 0 Å². The van der Waals surface area contributed by atoms with Crippen LogP contribution in [-0.4, -0.2) is 27.9 Å². The van der Waals surface area contributed by atoms with E-state index in [9.17, 15) is 4.79 Å². The first kappa shape index (κ1) is 12.0. The second kappa shape index (κ2) is 4.93. The molecule has 0 amide bonds. The van der Waals surface area contributed by atoms with Gasteiger partial charge in [0.15, 0.2) is 12.0 Å². The van der Waals surface area contributed by atoms with Crippen molar-refractivity contribution < 1.29 is 9.53 Å². The first-order chi connectivity index (χ1) is 9.31. The van der Waals surface area contributed by atoms with Crippen LogP contribution in [0.25, 0.3) is 5.69 Å². The van der Waals surface area contributed by atoms with E-state index in [-0.39, 0.29) is 6.10 Å². The first-order valence-corrected chi connectivity index (χ1v) is 6.39. The predicted molar refractivity (Wildman–Crippen MR) is 69.4 cm³/mol. The molecule has 1 unspecified atom stereocenters. The molecule has 0 saturated carbocycles. The number of rotatable bonds is 3. The highest BCUT2D eigenvalue weighted by Gasteiger charge is 2.27. The van der Waals surface area contributed by atoms with Crippen LogP contribution < -0.4 is 0 Å². The fourth-order valence-electron chi connectivity index (χ4n) is 2.46. The van der Waals surface area contributed by atoms with Gasteiger partial charge in [0.1, 0.15) is 11.8 Å². The molecule has 19 heavy (non-hydrogen) atoms. The van der Waals surface area contributed by atoms with E-state index in [1.54, 1.807) is 4.68 Å². The molecule has 3 rings (SSSR count). The lowest BCUT2D eigenvalue weighted by Gasteiger charge is -2.13. The topological polar surface area (TPSA) is 57.0 Å². The van der Waals surface area contributed by atoms with E-state index in [1.807, 2.05) is 31.2 Å². The highest BCUT2D eigenvalue weighted by molar-refractivity contribution is 5.74. The average molecular weight is 257 g/mol. The molecular weight excluding hydrogens is 242 g/mol. The van der Waals surface area contributed by atoms with Gasteiger partial charge in [-0.15, -0.1) is 5.10 Å². The largest absolute Gasteiger partial charge is 0.372 e. The van der Waals surface area contributed by atoms with Crippen molar-refractivity contribution in [3.05, 3.63) is 41.2 Å². The molecule has 1 aliphatic rings. The van der Waals surface area contributed by atoms with Gasteiger partial charge in [-0.2, -0.15) is 0 Å². The zero-order chi connectivity index (χ0) is 13.2. The number of aryl methyl sites for hydroxylation is 1. The molecule has 0 radical (unpaired) electrons. The van der Waals surface area contributed by atoms with Gasteiger partial charge in [-0.25, -0.2) is 4.68 Å². The van der Waals surface area contributed by atoms with Crippen LogP contribution in [0.1, 0.15) is 40.7 Å². The number of nitrogens with zero attached hydrogens (tertiary/aromatic N) is 3. The van der Waals surface area contributed by atoms with Crippen LogP contribution in [0.5, 0.6) is 0 Å². The Labute approximate surface area is 111 Å². The Morgan fingerprint density at radius 2 is 2.26 bits per heavy atom. The van der Waals surface area contributed by atoms with Crippen molar-refractivity contribution in [2.45, 2.75) is 25.9 Å². The lowest BCUT2D eigenvalue weighted by Crippen LogP contribution is -2.09. The molecule has 5 nitrogen and oxygen atoms in total. The minimum Gasteiger partial charge on any atom is -0.372 e. The highest BCUT2D eigenvalue weighted by atomic mass is 16.5. The van der Waals surface area contributed by atoms with Gasteiger partial charge < -0.3 is 4.74 Å². The number of benzene rings is 1. The van der Waals surface area contributed by atoms with Gasteiger partial charge in [0, 0.05) is 6.61 Å². The standard InChI is InChI=1S/C14H15N3O2/c1-10-5-2-3-6-12(10)17-14(11(9-18)15-16-17)13-7-4-8-19-13/h2-3,5-6,9,13H,4,7-8H2,1H3. The number of hydrogen-bond donors (Lipinski definition) is 0. The van der Waals surface area contributed by atoms with E-state index in [0.717, 1.165) is 42.7 Å². The summed E-state index contributed by atoms with van der Waals surface area (Å²) in [6, 6.07) is 7.90. The van der Waals surface area contributed by atoms with Crippen LogP contribution in [0.3, 0.4) is 0 Å². The Bertz CT molecular complexity index is 600. The number of carbonyl (C=O) groups excluding carboxylic acids is 1. The summed E-state index contributed by atoms with van der Waals surface area (Å²) < 4.78 is 7.41. The summed E-state index contributed by atoms with van der Waals surface area (Å²) in [4.78, 5) is 11.1. The first-order valence-electron chi connectivity index (χ1n) is 6.39. The molecule has 2 heterocycles. The molecule has 1 atom stereocenters. The minimum absolute atomic E-state index is 0.0881. The maximum Gasteiger partial charge on any atom is 0.172 e. The van der Waals surface area contributed by atoms with Gasteiger partial charge in [0.05, 0.1) is 5.69 Å². The predicted octanol–water partition coefficient (Wildman–Crippen LogP) is 2.24. The van der Waals surface area contributed by atoms with Gasteiger partial charge in [0.2, 0.25) is 0 Å². The van der Waals surface area contributed by atoms with E-state index in [2.05, 4.69) is 10.3 Å². The van der Waals surface area contributed by atoms with Crippen molar-refractivity contribution in [2.24, 2.45) is 0 Å². The van der Waals surface area contributed by atoms with Crippen molar-refractivity contribution in [1.82, 2.24) is 15.0 Å². The third-order valence-corrected chi connectivity index (χ3v) is 3.42. The monoisotopic (exact) mass is 257 g/mol. The fraction of sp³-hybridized carbons (Fsp3) is 0.357. The highest BCUT2D eigenvalue weighted by Crippen LogP contribution is 2.31. The van der Waals surface area contributed by atoms with Gasteiger partial charge >= 0.3 is 0 Å². The van der Waals surface area contributed by atoms with Crippen molar-refractivity contribution in [2.75, 3.05) is 6.61 Å². The third kappa shape index (κ3) is 2.06. The van der Waals surface area contributed by atoms with Gasteiger partial charge in [-0.05, 0) is 31.4 Å². The van der Waals surface area contributed by atoms with Crippen molar-refractivity contribution in [3.8, 4) is 5.69 Å². The second-order valence-corrected chi connectivity index (χ2v) is 4.68. The van der Waals surface area contributed by atoms with E-state index < -0.39 is 0 Å². The van der Waals surface area contributed by atoms with E-state index in [1.165, 1.54) is 0 Å². The third-order valence-electron chi connectivity index (χ3n) is 3.42. The molecule has 1 saturated heterocycles. The van der Waals surface area contributed by atoms with E-state index in [0.29, 0.717) is 5.69 Å². The molecule has 0 spiro atoms. The molecule has 1 fully saturated rings. The van der Waals surface area contributed by atoms with Crippen LogP contribution in [0, 0.1) is 6.92 Å². The Morgan fingerprint density at radius 3 is 2.95 bits per heavy atom. The molecule has 1 aromatic carbocycles. The zero-order valence-electron chi connectivity index (χ0n) is 10.7. The summed E-state index contributed by atoms with van der Waals surface area (Å²) in [5.41, 5.74) is 3.16. The molecule has 1 aromatic heterocycles. The molecule has 1 aliphatic heterocycles. The van der Waals surface area contributed by atoms with Crippen LogP contribution in [-0.2, 0) is 4.74 Å². The van der Waals surface area contributed by atoms with Gasteiger partial charge in [-0.3, -0.25) is 4.79 Å². The quantitative estimate of drug-likeness (QED) is 0.791. The molecule has 5 heteroatoms. The maximum atomic E-state index is 11.1. The minimum atomic E-state index is -0.0881. The smallest absolute Gasteiger partial charge is 0.172 e. The van der Waals surface area contributed by atoms with Crippen molar-refractivity contribution >= 4 is 6.29 Å². The van der Waals surface area contributed by atoms with Crippen LogP contribution >= 0.6 is 0 Å². The van der Waals surface area contributed by atoms with Crippen LogP contribution in [0.4, 0.5) is 0 Å². The Hall–Kier alpha value is -2.01. The Balaban J connectivity index is 2.14. The molecule has 2 aromatic rings. The number of carbonyl (C=O) groups is 1. The second-order valence-electron chi connectivity index (χ2n) is 4.68. The number of aromatic nitrogens is 3.